The minimum absolute atomic E-state index is 0.135. The zero-order valence-electron chi connectivity index (χ0n) is 19.2. The van der Waals surface area contributed by atoms with E-state index in [0.717, 1.165) is 29.9 Å². The average Bonchev–Trinajstić information content (AvgIpc) is 3.74. The van der Waals surface area contributed by atoms with Crippen LogP contribution in [0, 0.1) is 11.3 Å². The molecule has 0 bridgehead atoms. The topological polar surface area (TPSA) is 65.4 Å². The van der Waals surface area contributed by atoms with Crippen LogP contribution in [0.5, 0.6) is 5.75 Å². The number of anilines is 2. The molecular weight excluding hydrogens is 442 g/mol. The number of hydrogen-bond acceptors (Lipinski definition) is 5. The molecule has 6 heteroatoms. The minimum atomic E-state index is -0.135. The standard InChI is InChI=1S/C28H27N3O2S/c1-34-24-10-3-19(4-11-24)18-30-28(32)22-9-12-25-27(16-22)33-14-2-13-31(25)26-15-21(20-5-6-20)7-8-23(26)17-29/h3-4,7-12,15-16,20H,2,5-6,13-14,18H2,1H3,(H,30,32). The number of hydrogen-bond donors (Lipinski definition) is 1. The molecule has 1 heterocycles. The fourth-order valence-corrected chi connectivity index (χ4v) is 4.74. The summed E-state index contributed by atoms with van der Waals surface area (Å²) in [4.78, 5) is 16.2. The van der Waals surface area contributed by atoms with E-state index in [0.29, 0.717) is 35.9 Å². The van der Waals surface area contributed by atoms with Crippen LogP contribution < -0.4 is 15.0 Å². The number of fused-ring (bicyclic) bond motifs is 1. The van der Waals surface area contributed by atoms with Crippen molar-refractivity contribution in [2.45, 2.75) is 36.6 Å². The highest BCUT2D eigenvalue weighted by atomic mass is 32.2. The Morgan fingerprint density at radius 2 is 1.94 bits per heavy atom. The Labute approximate surface area is 204 Å². The van der Waals surface area contributed by atoms with Gasteiger partial charge in [-0.2, -0.15) is 5.26 Å². The maximum atomic E-state index is 12.9. The maximum absolute atomic E-state index is 12.9. The monoisotopic (exact) mass is 469 g/mol. The van der Waals surface area contributed by atoms with Crippen molar-refractivity contribution in [2.24, 2.45) is 0 Å². The van der Waals surface area contributed by atoms with Crippen molar-refractivity contribution in [3.05, 3.63) is 82.9 Å². The Kier molecular flexibility index (Phi) is 6.46. The summed E-state index contributed by atoms with van der Waals surface area (Å²) >= 11 is 1.70. The van der Waals surface area contributed by atoms with Crippen LogP contribution >= 0.6 is 11.8 Å². The number of carbonyl (C=O) groups excluding carboxylic acids is 1. The Bertz CT molecular complexity index is 1250. The number of benzene rings is 3. The molecule has 1 N–H and O–H groups in total. The van der Waals surface area contributed by atoms with Gasteiger partial charge in [-0.3, -0.25) is 4.79 Å². The van der Waals surface area contributed by atoms with E-state index in [2.05, 4.69) is 40.6 Å². The van der Waals surface area contributed by atoms with E-state index >= 15 is 0 Å². The molecule has 0 radical (unpaired) electrons. The molecule has 1 saturated carbocycles. The van der Waals surface area contributed by atoms with Gasteiger partial charge in [-0.25, -0.2) is 0 Å². The number of rotatable bonds is 6. The predicted octanol–water partition coefficient (Wildman–Crippen LogP) is 6.01. The Balaban J connectivity index is 1.38. The second-order valence-corrected chi connectivity index (χ2v) is 9.61. The molecule has 0 unspecified atom stereocenters. The molecule has 0 spiro atoms. The van der Waals surface area contributed by atoms with Crippen LogP contribution in [0.1, 0.15) is 52.2 Å². The third kappa shape index (κ3) is 4.76. The van der Waals surface area contributed by atoms with Crippen LogP contribution in [-0.2, 0) is 6.54 Å². The fourth-order valence-electron chi connectivity index (χ4n) is 4.33. The number of thioether (sulfide) groups is 1. The summed E-state index contributed by atoms with van der Waals surface area (Å²) < 4.78 is 6.04. The summed E-state index contributed by atoms with van der Waals surface area (Å²) in [5, 5.41) is 12.8. The first-order valence-electron chi connectivity index (χ1n) is 11.7. The summed E-state index contributed by atoms with van der Waals surface area (Å²) in [5.74, 6) is 1.15. The summed E-state index contributed by atoms with van der Waals surface area (Å²) in [6.07, 6.45) is 5.31. The lowest BCUT2D eigenvalue weighted by atomic mass is 10.0. The van der Waals surface area contributed by atoms with Crippen molar-refractivity contribution in [1.82, 2.24) is 5.32 Å². The molecule has 1 amide bonds. The highest BCUT2D eigenvalue weighted by Crippen LogP contribution is 2.44. The number of nitrogens with zero attached hydrogens (tertiary/aromatic N) is 2. The molecule has 172 valence electrons. The average molecular weight is 470 g/mol. The second kappa shape index (κ2) is 9.82. The molecule has 1 aliphatic carbocycles. The Morgan fingerprint density at radius 1 is 1.12 bits per heavy atom. The van der Waals surface area contributed by atoms with Crippen LogP contribution in [0.3, 0.4) is 0 Å². The van der Waals surface area contributed by atoms with E-state index in [1.54, 1.807) is 11.8 Å². The van der Waals surface area contributed by atoms with Crippen molar-refractivity contribution >= 4 is 29.0 Å². The molecule has 0 saturated heterocycles. The number of carbonyl (C=O) groups is 1. The minimum Gasteiger partial charge on any atom is -0.491 e. The van der Waals surface area contributed by atoms with Gasteiger partial charge in [0.15, 0.2) is 0 Å². The van der Waals surface area contributed by atoms with Crippen LogP contribution in [-0.4, -0.2) is 25.3 Å². The lowest BCUT2D eigenvalue weighted by molar-refractivity contribution is 0.0950. The molecule has 5 nitrogen and oxygen atoms in total. The summed E-state index contributed by atoms with van der Waals surface area (Å²) in [6.45, 7) is 1.80. The van der Waals surface area contributed by atoms with Crippen LogP contribution in [0.25, 0.3) is 0 Å². The van der Waals surface area contributed by atoms with Gasteiger partial charge in [0.05, 0.1) is 23.5 Å². The van der Waals surface area contributed by atoms with Crippen LogP contribution in [0.4, 0.5) is 11.4 Å². The fraction of sp³-hybridized carbons (Fsp3) is 0.286. The summed E-state index contributed by atoms with van der Waals surface area (Å²) in [5.41, 5.74) is 5.39. The SMILES string of the molecule is CSc1ccc(CNC(=O)c2ccc3c(c2)OCCCN3c2cc(C3CC3)ccc2C#N)cc1. The van der Waals surface area contributed by atoms with Gasteiger partial charge in [-0.1, -0.05) is 18.2 Å². The highest BCUT2D eigenvalue weighted by molar-refractivity contribution is 7.98. The Hall–Kier alpha value is -3.43. The van der Waals surface area contributed by atoms with Gasteiger partial charge in [0, 0.05) is 23.5 Å². The quantitative estimate of drug-likeness (QED) is 0.448. The van der Waals surface area contributed by atoms with Crippen molar-refractivity contribution in [1.29, 1.82) is 5.26 Å². The van der Waals surface area contributed by atoms with Crippen molar-refractivity contribution in [3.8, 4) is 11.8 Å². The second-order valence-electron chi connectivity index (χ2n) is 8.73. The van der Waals surface area contributed by atoms with Crippen LogP contribution in [0.2, 0.25) is 0 Å². The summed E-state index contributed by atoms with van der Waals surface area (Å²) in [6, 6.07) is 22.3. The van der Waals surface area contributed by atoms with E-state index in [1.807, 2.05) is 42.7 Å². The molecule has 0 aromatic heterocycles. The van der Waals surface area contributed by atoms with Crippen molar-refractivity contribution in [2.75, 3.05) is 24.3 Å². The van der Waals surface area contributed by atoms with E-state index in [9.17, 15) is 10.1 Å². The van der Waals surface area contributed by atoms with Gasteiger partial charge in [-0.15, -0.1) is 11.8 Å². The Morgan fingerprint density at radius 3 is 2.68 bits per heavy atom. The molecule has 3 aromatic carbocycles. The lowest BCUT2D eigenvalue weighted by Gasteiger charge is -2.26. The van der Waals surface area contributed by atoms with E-state index in [4.69, 9.17) is 4.74 Å². The normalized spacial score (nSPS) is 15.0. The molecule has 5 rings (SSSR count). The molecule has 2 aliphatic rings. The maximum Gasteiger partial charge on any atom is 0.251 e. The van der Waals surface area contributed by atoms with Gasteiger partial charge in [0.2, 0.25) is 0 Å². The number of nitriles is 1. The van der Waals surface area contributed by atoms with Gasteiger partial charge >= 0.3 is 0 Å². The largest absolute Gasteiger partial charge is 0.491 e. The van der Waals surface area contributed by atoms with Crippen molar-refractivity contribution < 1.29 is 9.53 Å². The first-order chi connectivity index (χ1) is 16.7. The molecule has 1 aliphatic heterocycles. The van der Waals surface area contributed by atoms with Gasteiger partial charge in [0.1, 0.15) is 11.8 Å². The smallest absolute Gasteiger partial charge is 0.251 e. The number of nitrogens with one attached hydrogen (secondary N) is 1. The highest BCUT2D eigenvalue weighted by Gasteiger charge is 2.27. The first kappa shape index (κ1) is 22.4. The van der Waals surface area contributed by atoms with Crippen molar-refractivity contribution in [3.63, 3.8) is 0 Å². The molecule has 3 aromatic rings. The number of amides is 1. The number of ether oxygens (including phenoxy) is 1. The molecular formula is C28H27N3O2S. The third-order valence-electron chi connectivity index (χ3n) is 6.39. The van der Waals surface area contributed by atoms with E-state index in [-0.39, 0.29) is 5.91 Å². The molecule has 1 fully saturated rings. The van der Waals surface area contributed by atoms with E-state index < -0.39 is 0 Å². The third-order valence-corrected chi connectivity index (χ3v) is 7.13. The molecule has 34 heavy (non-hydrogen) atoms. The van der Waals surface area contributed by atoms with E-state index in [1.165, 1.54) is 23.3 Å². The zero-order valence-corrected chi connectivity index (χ0v) is 20.0. The van der Waals surface area contributed by atoms with Gasteiger partial charge < -0.3 is 15.0 Å². The van der Waals surface area contributed by atoms with Crippen LogP contribution in [0.15, 0.2) is 65.6 Å². The first-order valence-corrected chi connectivity index (χ1v) is 12.9. The predicted molar refractivity (Wildman–Crippen MR) is 136 cm³/mol. The molecule has 0 atom stereocenters. The summed E-state index contributed by atoms with van der Waals surface area (Å²) in [7, 11) is 0. The lowest BCUT2D eigenvalue weighted by Crippen LogP contribution is -2.23. The zero-order chi connectivity index (χ0) is 23.5. The van der Waals surface area contributed by atoms with Gasteiger partial charge in [-0.05, 0) is 85.0 Å². The van der Waals surface area contributed by atoms with Gasteiger partial charge in [0.25, 0.3) is 5.91 Å².